The number of amides is 1. The zero-order valence-corrected chi connectivity index (χ0v) is 19.8. The Morgan fingerprint density at radius 1 is 1.21 bits per heavy atom. The number of carbonyl (C=O) groups excluding carboxylic acids is 2. The van der Waals surface area contributed by atoms with Crippen molar-refractivity contribution in [3.05, 3.63) is 58.4 Å². The van der Waals surface area contributed by atoms with Gasteiger partial charge < -0.3 is 19.8 Å². The number of aromatic nitrogens is 3. The number of methoxy groups -OCH3 is 1. The van der Waals surface area contributed by atoms with Crippen molar-refractivity contribution in [3.8, 4) is 11.4 Å². The molecule has 1 amide bonds. The molecule has 2 N–H and O–H groups in total. The van der Waals surface area contributed by atoms with Crippen molar-refractivity contribution in [1.29, 1.82) is 0 Å². The second-order valence-electron chi connectivity index (χ2n) is 7.47. The Kier molecular flexibility index (Phi) is 6.87. The van der Waals surface area contributed by atoms with E-state index >= 15 is 0 Å². The minimum Gasteiger partial charge on any atom is -0.495 e. The highest BCUT2D eigenvalue weighted by Crippen LogP contribution is 2.30. The fourth-order valence-corrected chi connectivity index (χ4v) is 4.42. The van der Waals surface area contributed by atoms with Crippen LogP contribution in [0, 0.1) is 6.92 Å². The van der Waals surface area contributed by atoms with Crippen LogP contribution in [0.4, 0.5) is 0 Å². The summed E-state index contributed by atoms with van der Waals surface area (Å²) in [5, 5.41) is 3.67. The van der Waals surface area contributed by atoms with Gasteiger partial charge >= 0.3 is 5.97 Å². The molecule has 10 heteroatoms. The Hall–Kier alpha value is -3.79. The van der Waals surface area contributed by atoms with Gasteiger partial charge in [0, 0.05) is 10.9 Å². The second-order valence-corrected chi connectivity index (χ2v) is 8.42. The summed E-state index contributed by atoms with van der Waals surface area (Å²) >= 11 is 1.10. The molecule has 2 aromatic carbocycles. The van der Waals surface area contributed by atoms with Gasteiger partial charge in [-0.15, -0.1) is 0 Å². The summed E-state index contributed by atoms with van der Waals surface area (Å²) in [6.07, 6.45) is 0. The summed E-state index contributed by atoms with van der Waals surface area (Å²) in [4.78, 5) is 45.5. The lowest BCUT2D eigenvalue weighted by Crippen LogP contribution is -2.32. The smallest absolute Gasteiger partial charge is 0.325 e. The SMILES string of the molecule is CCOC(=O)CNC(=O)CSc1nc2c([nH]c3ccccc32)c(=O)n1-c1cc(C)ccc1OC. The molecule has 0 bridgehead atoms. The molecule has 2 heterocycles. The van der Waals surface area contributed by atoms with Crippen LogP contribution in [0.15, 0.2) is 52.4 Å². The molecular formula is C24H24N4O5S. The number of esters is 1. The van der Waals surface area contributed by atoms with Crippen LogP contribution in [0.5, 0.6) is 5.75 Å². The minimum atomic E-state index is -0.513. The van der Waals surface area contributed by atoms with Crippen molar-refractivity contribution in [2.75, 3.05) is 26.0 Å². The molecule has 0 aliphatic rings. The first kappa shape index (κ1) is 23.4. The number of hydrogen-bond donors (Lipinski definition) is 2. The van der Waals surface area contributed by atoms with E-state index in [4.69, 9.17) is 14.5 Å². The van der Waals surface area contributed by atoms with E-state index in [0.717, 1.165) is 28.2 Å². The first-order valence-corrected chi connectivity index (χ1v) is 11.6. The van der Waals surface area contributed by atoms with Gasteiger partial charge in [-0.25, -0.2) is 9.55 Å². The third-order valence-corrected chi connectivity index (χ3v) is 6.08. The summed E-state index contributed by atoms with van der Waals surface area (Å²) in [7, 11) is 1.53. The Morgan fingerprint density at radius 2 is 2.00 bits per heavy atom. The number of nitrogens with one attached hydrogen (secondary N) is 2. The molecule has 0 spiro atoms. The highest BCUT2D eigenvalue weighted by molar-refractivity contribution is 7.99. The number of nitrogens with zero attached hydrogens (tertiary/aromatic N) is 2. The number of aryl methyl sites for hydroxylation is 1. The fraction of sp³-hybridized carbons (Fsp3) is 0.250. The maximum atomic E-state index is 13.7. The van der Waals surface area contributed by atoms with Crippen LogP contribution in [0.2, 0.25) is 0 Å². The molecule has 0 fully saturated rings. The third kappa shape index (κ3) is 4.62. The molecule has 4 rings (SSSR count). The lowest BCUT2D eigenvalue weighted by Gasteiger charge is -2.15. The molecule has 0 saturated heterocycles. The van der Waals surface area contributed by atoms with Crippen LogP contribution in [0.3, 0.4) is 0 Å². The molecule has 4 aromatic rings. The lowest BCUT2D eigenvalue weighted by molar-refractivity contribution is -0.143. The van der Waals surface area contributed by atoms with E-state index in [1.54, 1.807) is 13.0 Å². The van der Waals surface area contributed by atoms with E-state index in [2.05, 4.69) is 10.3 Å². The monoisotopic (exact) mass is 480 g/mol. The number of fused-ring (bicyclic) bond motifs is 3. The number of carbonyl (C=O) groups is 2. The molecule has 34 heavy (non-hydrogen) atoms. The molecule has 9 nitrogen and oxygen atoms in total. The molecule has 0 radical (unpaired) electrons. The van der Waals surface area contributed by atoms with E-state index in [0.29, 0.717) is 27.6 Å². The highest BCUT2D eigenvalue weighted by Gasteiger charge is 2.20. The summed E-state index contributed by atoms with van der Waals surface area (Å²) < 4.78 is 11.8. The average Bonchev–Trinajstić information content (AvgIpc) is 3.21. The van der Waals surface area contributed by atoms with Crippen molar-refractivity contribution < 1.29 is 19.1 Å². The van der Waals surface area contributed by atoms with Crippen molar-refractivity contribution in [2.24, 2.45) is 0 Å². The summed E-state index contributed by atoms with van der Waals surface area (Å²) in [6, 6.07) is 13.0. The van der Waals surface area contributed by atoms with E-state index in [1.807, 2.05) is 43.3 Å². The van der Waals surface area contributed by atoms with Crippen LogP contribution in [0.25, 0.3) is 27.6 Å². The number of aromatic amines is 1. The zero-order chi connectivity index (χ0) is 24.2. The average molecular weight is 481 g/mol. The van der Waals surface area contributed by atoms with Gasteiger partial charge in [-0.3, -0.25) is 14.4 Å². The van der Waals surface area contributed by atoms with Gasteiger partial charge in [0.1, 0.15) is 23.3 Å². The number of para-hydroxylation sites is 1. The van der Waals surface area contributed by atoms with Gasteiger partial charge in [0.25, 0.3) is 5.56 Å². The molecular weight excluding hydrogens is 456 g/mol. The summed E-state index contributed by atoms with van der Waals surface area (Å²) in [5.74, 6) is -0.443. The normalized spacial score (nSPS) is 11.0. The van der Waals surface area contributed by atoms with Crippen LogP contribution in [-0.4, -0.2) is 52.4 Å². The zero-order valence-electron chi connectivity index (χ0n) is 19.0. The molecule has 0 saturated carbocycles. The topological polar surface area (TPSA) is 115 Å². The largest absolute Gasteiger partial charge is 0.495 e. The van der Waals surface area contributed by atoms with E-state index in [9.17, 15) is 14.4 Å². The number of H-pyrrole nitrogens is 1. The Bertz CT molecular complexity index is 1440. The Morgan fingerprint density at radius 3 is 2.76 bits per heavy atom. The number of benzene rings is 2. The van der Waals surface area contributed by atoms with Gasteiger partial charge in [0.15, 0.2) is 5.16 Å². The fourth-order valence-electron chi connectivity index (χ4n) is 3.59. The maximum absolute atomic E-state index is 13.7. The van der Waals surface area contributed by atoms with Gasteiger partial charge in [-0.1, -0.05) is 36.0 Å². The lowest BCUT2D eigenvalue weighted by atomic mass is 10.2. The predicted molar refractivity (Wildman–Crippen MR) is 131 cm³/mol. The third-order valence-electron chi connectivity index (χ3n) is 5.14. The molecule has 0 atom stereocenters. The standard InChI is InChI=1S/C24H24N4O5S/c1-4-33-20(30)12-25-19(29)13-34-24-27-21-15-7-5-6-8-16(15)26-22(21)23(31)28(24)17-11-14(2)9-10-18(17)32-3/h5-11,26H,4,12-13H2,1-3H3,(H,25,29). The van der Waals surface area contributed by atoms with Crippen molar-refractivity contribution in [1.82, 2.24) is 19.9 Å². The number of ether oxygens (including phenoxy) is 2. The molecule has 0 aliphatic carbocycles. The van der Waals surface area contributed by atoms with Gasteiger partial charge in [-0.05, 0) is 37.6 Å². The van der Waals surface area contributed by atoms with Crippen LogP contribution in [0.1, 0.15) is 12.5 Å². The predicted octanol–water partition coefficient (Wildman–Crippen LogP) is 2.96. The van der Waals surface area contributed by atoms with Crippen LogP contribution >= 0.6 is 11.8 Å². The number of rotatable bonds is 8. The van der Waals surface area contributed by atoms with Gasteiger partial charge in [0.2, 0.25) is 5.91 Å². The minimum absolute atomic E-state index is 0.0478. The van der Waals surface area contributed by atoms with E-state index in [1.165, 1.54) is 11.7 Å². The number of hydrogen-bond acceptors (Lipinski definition) is 7. The van der Waals surface area contributed by atoms with Crippen LogP contribution < -0.4 is 15.6 Å². The summed E-state index contributed by atoms with van der Waals surface area (Å²) in [6.45, 7) is 3.63. The Labute approximate surface area is 199 Å². The molecule has 176 valence electrons. The maximum Gasteiger partial charge on any atom is 0.325 e. The second kappa shape index (κ2) is 10.0. The first-order valence-electron chi connectivity index (χ1n) is 10.7. The quantitative estimate of drug-likeness (QED) is 0.226. The number of thioether (sulfide) groups is 1. The van der Waals surface area contributed by atoms with E-state index in [-0.39, 0.29) is 30.4 Å². The first-order chi connectivity index (χ1) is 16.4. The molecule has 2 aromatic heterocycles. The highest BCUT2D eigenvalue weighted by atomic mass is 32.2. The molecule has 0 unspecified atom stereocenters. The Balaban J connectivity index is 1.79. The molecule has 0 aliphatic heterocycles. The van der Waals surface area contributed by atoms with Crippen molar-refractivity contribution in [3.63, 3.8) is 0 Å². The van der Waals surface area contributed by atoms with Crippen molar-refractivity contribution in [2.45, 2.75) is 19.0 Å². The van der Waals surface area contributed by atoms with Crippen LogP contribution in [-0.2, 0) is 14.3 Å². The van der Waals surface area contributed by atoms with Gasteiger partial charge in [0.05, 0.1) is 25.2 Å². The summed E-state index contributed by atoms with van der Waals surface area (Å²) in [5.41, 5.74) is 2.83. The van der Waals surface area contributed by atoms with Gasteiger partial charge in [-0.2, -0.15) is 0 Å². The van der Waals surface area contributed by atoms with Crippen molar-refractivity contribution >= 4 is 45.6 Å². The van der Waals surface area contributed by atoms with E-state index < -0.39 is 5.97 Å².